The van der Waals surface area contributed by atoms with E-state index in [1.54, 1.807) is 24.3 Å². The van der Waals surface area contributed by atoms with Crippen LogP contribution in [0.3, 0.4) is 0 Å². The molecule has 27 heavy (non-hydrogen) atoms. The van der Waals surface area contributed by atoms with E-state index >= 15 is 0 Å². The van der Waals surface area contributed by atoms with E-state index in [0.29, 0.717) is 28.0 Å². The molecule has 0 saturated carbocycles. The molecule has 2 N–H and O–H groups in total. The second-order valence-corrected chi connectivity index (χ2v) is 7.00. The predicted octanol–water partition coefficient (Wildman–Crippen LogP) is 5.85. The van der Waals surface area contributed by atoms with Crippen LogP contribution in [-0.4, -0.2) is 5.96 Å². The van der Waals surface area contributed by atoms with Crippen molar-refractivity contribution in [2.75, 3.05) is 5.32 Å². The topological polar surface area (TPSA) is 45.7 Å². The Kier molecular flexibility index (Phi) is 5.18. The number of hydrogen-bond donors (Lipinski definition) is 2. The minimum atomic E-state index is -0.270. The first-order chi connectivity index (χ1) is 13.2. The summed E-state index contributed by atoms with van der Waals surface area (Å²) in [5.41, 5.74) is 1.32. The van der Waals surface area contributed by atoms with Crippen LogP contribution in [0.15, 0.2) is 76.6 Å². The molecule has 136 valence electrons. The highest BCUT2D eigenvalue weighted by molar-refractivity contribution is 7.98. The van der Waals surface area contributed by atoms with E-state index in [0.717, 1.165) is 10.6 Å². The molecular weight excluding hydrogens is 385 g/mol. The van der Waals surface area contributed by atoms with Gasteiger partial charge in [0.15, 0.2) is 5.75 Å². The molecule has 0 amide bonds. The van der Waals surface area contributed by atoms with E-state index in [4.69, 9.17) is 16.3 Å². The SMILES string of the molecule is Fc1ccccc1CN=C1NSc2cccc(Oc3ccccc3Cl)c2N1. The predicted molar refractivity (Wildman–Crippen MR) is 108 cm³/mol. The van der Waals surface area contributed by atoms with E-state index in [1.165, 1.54) is 18.0 Å². The summed E-state index contributed by atoms with van der Waals surface area (Å²) in [5.74, 6) is 1.47. The molecule has 0 aromatic heterocycles. The van der Waals surface area contributed by atoms with E-state index in [1.807, 2.05) is 36.4 Å². The number of rotatable bonds is 4. The minimum Gasteiger partial charge on any atom is -0.454 e. The molecule has 1 heterocycles. The molecular formula is C20H15ClFN3OS. The van der Waals surface area contributed by atoms with Gasteiger partial charge in [0, 0.05) is 5.56 Å². The fraction of sp³-hybridized carbons (Fsp3) is 0.0500. The van der Waals surface area contributed by atoms with Crippen molar-refractivity contribution in [3.63, 3.8) is 0 Å². The number of benzene rings is 3. The Morgan fingerprint density at radius 1 is 0.963 bits per heavy atom. The van der Waals surface area contributed by atoms with Crippen molar-refractivity contribution in [3.05, 3.63) is 83.1 Å². The third-order valence-electron chi connectivity index (χ3n) is 3.91. The summed E-state index contributed by atoms with van der Waals surface area (Å²) < 4.78 is 22.9. The van der Waals surface area contributed by atoms with Crippen LogP contribution in [0.25, 0.3) is 0 Å². The lowest BCUT2D eigenvalue weighted by molar-refractivity contribution is 0.484. The van der Waals surface area contributed by atoms with Gasteiger partial charge >= 0.3 is 0 Å². The Labute approximate surface area is 165 Å². The molecule has 3 aromatic carbocycles. The zero-order valence-electron chi connectivity index (χ0n) is 14.1. The third kappa shape index (κ3) is 4.02. The first-order valence-electron chi connectivity index (χ1n) is 8.24. The van der Waals surface area contributed by atoms with Crippen LogP contribution in [0.4, 0.5) is 10.1 Å². The first-order valence-corrected chi connectivity index (χ1v) is 9.43. The smallest absolute Gasteiger partial charge is 0.206 e. The molecule has 3 aromatic rings. The molecule has 0 bridgehead atoms. The molecule has 1 aliphatic rings. The Balaban J connectivity index is 1.57. The molecule has 0 saturated heterocycles. The monoisotopic (exact) mass is 399 g/mol. The lowest BCUT2D eigenvalue weighted by Crippen LogP contribution is -2.29. The molecule has 0 radical (unpaired) electrons. The average molecular weight is 400 g/mol. The van der Waals surface area contributed by atoms with E-state index < -0.39 is 0 Å². The van der Waals surface area contributed by atoms with Crippen LogP contribution in [0.2, 0.25) is 5.02 Å². The highest BCUT2D eigenvalue weighted by Gasteiger charge is 2.19. The minimum absolute atomic E-state index is 0.228. The van der Waals surface area contributed by atoms with Crippen molar-refractivity contribution in [1.29, 1.82) is 0 Å². The van der Waals surface area contributed by atoms with Crippen LogP contribution in [-0.2, 0) is 6.54 Å². The molecule has 4 rings (SSSR count). The van der Waals surface area contributed by atoms with Gasteiger partial charge in [0.1, 0.15) is 11.6 Å². The molecule has 0 aliphatic carbocycles. The maximum Gasteiger partial charge on any atom is 0.206 e. The fourth-order valence-electron chi connectivity index (χ4n) is 2.56. The van der Waals surface area contributed by atoms with E-state index in [-0.39, 0.29) is 12.4 Å². The number of guanidine groups is 1. The van der Waals surface area contributed by atoms with Gasteiger partial charge in [0.25, 0.3) is 0 Å². The standard InChI is InChI=1S/C20H15ClFN3OS/c21-14-7-2-4-9-16(14)26-17-10-5-11-18-19(17)24-20(25-27-18)23-12-13-6-1-3-8-15(13)22/h1-11H,12H2,(H2,23,24,25). The second kappa shape index (κ2) is 7.90. The normalized spacial score (nSPS) is 14.2. The zero-order valence-corrected chi connectivity index (χ0v) is 15.7. The number of halogens is 2. The average Bonchev–Trinajstić information content (AvgIpc) is 2.69. The van der Waals surface area contributed by atoms with Crippen LogP contribution >= 0.6 is 23.5 Å². The van der Waals surface area contributed by atoms with Crippen LogP contribution in [0.5, 0.6) is 11.5 Å². The maximum absolute atomic E-state index is 13.8. The highest BCUT2D eigenvalue weighted by Crippen LogP contribution is 2.40. The first kappa shape index (κ1) is 17.7. The summed E-state index contributed by atoms with van der Waals surface area (Å²) in [5, 5.41) is 3.76. The quantitative estimate of drug-likeness (QED) is 0.540. The summed E-state index contributed by atoms with van der Waals surface area (Å²) in [6.45, 7) is 0.228. The Bertz CT molecular complexity index is 1010. The lowest BCUT2D eigenvalue weighted by atomic mass is 10.2. The van der Waals surface area contributed by atoms with Gasteiger partial charge in [-0.25, -0.2) is 9.38 Å². The summed E-state index contributed by atoms with van der Waals surface area (Å²) >= 11 is 7.61. The lowest BCUT2D eigenvalue weighted by Gasteiger charge is -2.23. The highest BCUT2D eigenvalue weighted by atomic mass is 35.5. The van der Waals surface area contributed by atoms with Crippen LogP contribution in [0.1, 0.15) is 5.56 Å². The largest absolute Gasteiger partial charge is 0.454 e. The van der Waals surface area contributed by atoms with E-state index in [2.05, 4.69) is 15.0 Å². The number of ether oxygens (including phenoxy) is 1. The number of fused-ring (bicyclic) bond motifs is 1. The molecule has 0 atom stereocenters. The van der Waals surface area contributed by atoms with Crippen molar-refractivity contribution >= 4 is 35.2 Å². The number of anilines is 1. The van der Waals surface area contributed by atoms with Crippen molar-refractivity contribution in [1.82, 2.24) is 4.72 Å². The second-order valence-electron chi connectivity index (χ2n) is 5.75. The Morgan fingerprint density at radius 2 is 1.74 bits per heavy atom. The number of para-hydroxylation sites is 2. The van der Waals surface area contributed by atoms with Crippen LogP contribution in [0, 0.1) is 5.82 Å². The Morgan fingerprint density at radius 3 is 2.59 bits per heavy atom. The van der Waals surface area contributed by atoms with Gasteiger partial charge in [-0.3, -0.25) is 4.72 Å². The van der Waals surface area contributed by atoms with Gasteiger partial charge < -0.3 is 10.1 Å². The number of aliphatic imine (C=N–C) groups is 1. The maximum atomic E-state index is 13.8. The van der Waals surface area contributed by atoms with Crippen molar-refractivity contribution < 1.29 is 9.13 Å². The summed E-state index contributed by atoms with van der Waals surface area (Å²) in [6, 6.07) is 19.6. The van der Waals surface area contributed by atoms with Gasteiger partial charge in [0.2, 0.25) is 5.96 Å². The molecule has 1 aliphatic heterocycles. The zero-order chi connectivity index (χ0) is 18.6. The van der Waals surface area contributed by atoms with Gasteiger partial charge in [-0.2, -0.15) is 0 Å². The number of hydrogen-bond acceptors (Lipinski definition) is 3. The van der Waals surface area contributed by atoms with Gasteiger partial charge in [-0.15, -0.1) is 0 Å². The third-order valence-corrected chi connectivity index (χ3v) is 5.08. The molecule has 0 unspecified atom stereocenters. The van der Waals surface area contributed by atoms with Crippen molar-refractivity contribution in [2.24, 2.45) is 4.99 Å². The fourth-order valence-corrected chi connectivity index (χ4v) is 3.46. The van der Waals surface area contributed by atoms with Gasteiger partial charge in [-0.1, -0.05) is 48.0 Å². The van der Waals surface area contributed by atoms with Gasteiger partial charge in [0.05, 0.1) is 22.2 Å². The Hall–Kier alpha value is -2.70. The van der Waals surface area contributed by atoms with Crippen molar-refractivity contribution in [2.45, 2.75) is 11.4 Å². The number of nitrogens with zero attached hydrogens (tertiary/aromatic N) is 1. The molecule has 0 fully saturated rings. The summed E-state index contributed by atoms with van der Waals surface area (Å²) in [6.07, 6.45) is 0. The molecule has 0 spiro atoms. The van der Waals surface area contributed by atoms with Crippen LogP contribution < -0.4 is 14.8 Å². The summed E-state index contributed by atoms with van der Waals surface area (Å²) in [7, 11) is 0. The van der Waals surface area contributed by atoms with Crippen molar-refractivity contribution in [3.8, 4) is 11.5 Å². The van der Waals surface area contributed by atoms with Gasteiger partial charge in [-0.05, 0) is 42.3 Å². The van der Waals surface area contributed by atoms with E-state index in [9.17, 15) is 4.39 Å². The molecule has 7 heteroatoms. The summed E-state index contributed by atoms with van der Waals surface area (Å²) in [4.78, 5) is 5.39. The number of nitrogens with one attached hydrogen (secondary N) is 2. The molecule has 4 nitrogen and oxygen atoms in total.